The molecule has 6 heteroatoms. The molecule has 1 aromatic heterocycles. The first-order chi connectivity index (χ1) is 16.5. The highest BCUT2D eigenvalue weighted by Crippen LogP contribution is 2.36. The van der Waals surface area contributed by atoms with Crippen LogP contribution in [0.1, 0.15) is 53.2 Å². The van der Waals surface area contributed by atoms with Crippen LogP contribution in [0.15, 0.2) is 85.1 Å². The van der Waals surface area contributed by atoms with Gasteiger partial charge in [-0.15, -0.1) is 5.12 Å². The van der Waals surface area contributed by atoms with Crippen LogP contribution in [0.25, 0.3) is 10.9 Å². The van der Waals surface area contributed by atoms with Gasteiger partial charge in [-0.1, -0.05) is 78.0 Å². The molecule has 0 bridgehead atoms. The number of fused-ring (bicyclic) bond motifs is 1. The second kappa shape index (κ2) is 9.14. The van der Waals surface area contributed by atoms with Gasteiger partial charge in [-0.2, -0.15) is 0 Å². The number of aromatic nitrogens is 1. The van der Waals surface area contributed by atoms with Gasteiger partial charge in [0.15, 0.2) is 0 Å². The van der Waals surface area contributed by atoms with Crippen LogP contribution in [-0.2, 0) is 4.79 Å². The van der Waals surface area contributed by atoms with E-state index in [4.69, 9.17) is 0 Å². The fourth-order valence-corrected chi connectivity index (χ4v) is 4.99. The van der Waals surface area contributed by atoms with Crippen molar-refractivity contribution in [2.45, 2.75) is 31.7 Å². The van der Waals surface area contributed by atoms with E-state index in [0.29, 0.717) is 23.7 Å². The molecule has 0 aliphatic heterocycles. The Morgan fingerprint density at radius 3 is 2.06 bits per heavy atom. The number of carbonyl (C=O) groups excluding carboxylic acids is 1. The molecule has 5 rings (SSSR count). The molecule has 172 valence electrons. The smallest absolute Gasteiger partial charge is 0.337 e. The van der Waals surface area contributed by atoms with Gasteiger partial charge in [0.05, 0.1) is 17.3 Å². The number of halogens is 1. The maximum atomic E-state index is 15.1. The molecule has 0 unspecified atom stereocenters. The number of rotatable bonds is 6. The van der Waals surface area contributed by atoms with Crippen LogP contribution in [-0.4, -0.2) is 21.6 Å². The number of carbonyl (C=O) groups is 2. The predicted molar refractivity (Wildman–Crippen MR) is 130 cm³/mol. The molecule has 1 aliphatic carbocycles. The zero-order valence-electron chi connectivity index (χ0n) is 18.6. The van der Waals surface area contributed by atoms with E-state index in [1.165, 1.54) is 6.07 Å². The number of benzene rings is 3. The normalized spacial score (nSPS) is 14.1. The van der Waals surface area contributed by atoms with Gasteiger partial charge in [0, 0.05) is 23.0 Å². The van der Waals surface area contributed by atoms with Gasteiger partial charge in [0.1, 0.15) is 0 Å². The molecule has 1 fully saturated rings. The Bertz CT molecular complexity index is 1290. The van der Waals surface area contributed by atoms with Crippen molar-refractivity contribution in [2.75, 3.05) is 5.12 Å². The summed E-state index contributed by atoms with van der Waals surface area (Å²) in [6.45, 7) is 0. The first-order valence-electron chi connectivity index (χ1n) is 11.5. The highest BCUT2D eigenvalue weighted by molar-refractivity contribution is 6.05. The Morgan fingerprint density at radius 2 is 1.50 bits per heavy atom. The minimum absolute atomic E-state index is 0.0561. The number of amides is 1. The summed E-state index contributed by atoms with van der Waals surface area (Å²) >= 11 is 0. The topological polar surface area (TPSA) is 62.5 Å². The molecule has 1 N–H and O–H groups in total. The molecule has 0 atom stereocenters. The van der Waals surface area contributed by atoms with Crippen LogP contribution in [0.4, 0.5) is 10.2 Å². The Morgan fingerprint density at radius 1 is 0.912 bits per heavy atom. The molecule has 1 aliphatic rings. The molecule has 1 heterocycles. The molecule has 3 aromatic carbocycles. The van der Waals surface area contributed by atoms with E-state index >= 15 is 4.48 Å². The van der Waals surface area contributed by atoms with E-state index in [-0.39, 0.29) is 28.3 Å². The standard InChI is InChI=1S/C28H25FN2O3/c29-31(27(32)21-13-7-8-14-21)22-15-16-25-23(17-22)24(28(33)34)18-30(25)26(19-9-3-1-4-10-19)20-11-5-2-6-12-20/h1-6,9-12,15-18,21,26H,7-8,13-14H2,(H,33,34). The molecule has 1 saturated carbocycles. The van der Waals surface area contributed by atoms with Crippen LogP contribution in [0, 0.1) is 5.92 Å². The highest BCUT2D eigenvalue weighted by atomic mass is 19.2. The highest BCUT2D eigenvalue weighted by Gasteiger charge is 2.29. The number of carboxylic acid groups (broad SMARTS) is 1. The van der Waals surface area contributed by atoms with Crippen molar-refractivity contribution in [2.24, 2.45) is 5.92 Å². The van der Waals surface area contributed by atoms with Crippen molar-refractivity contribution in [1.82, 2.24) is 4.57 Å². The largest absolute Gasteiger partial charge is 0.478 e. The Balaban J connectivity index is 1.64. The average molecular weight is 457 g/mol. The summed E-state index contributed by atoms with van der Waals surface area (Å²) in [6.07, 6.45) is 4.83. The average Bonchev–Trinajstić information content (AvgIpc) is 3.53. The summed E-state index contributed by atoms with van der Waals surface area (Å²) in [5.41, 5.74) is 2.77. The first kappa shape index (κ1) is 21.9. The van der Waals surface area contributed by atoms with Gasteiger partial charge in [-0.25, -0.2) is 4.79 Å². The van der Waals surface area contributed by atoms with Crippen molar-refractivity contribution in [1.29, 1.82) is 0 Å². The molecule has 0 spiro atoms. The lowest BCUT2D eigenvalue weighted by atomic mass is 9.98. The Labute approximate surface area is 197 Å². The van der Waals surface area contributed by atoms with Gasteiger partial charge in [0.2, 0.25) is 0 Å². The number of hydrogen-bond donors (Lipinski definition) is 1. The van der Waals surface area contributed by atoms with Gasteiger partial charge in [-0.05, 0) is 42.2 Å². The van der Waals surface area contributed by atoms with Crippen molar-refractivity contribution in [3.63, 3.8) is 0 Å². The third-order valence-electron chi connectivity index (χ3n) is 6.68. The molecular formula is C28H25FN2O3. The lowest BCUT2D eigenvalue weighted by molar-refractivity contribution is -0.125. The van der Waals surface area contributed by atoms with Crippen molar-refractivity contribution < 1.29 is 19.2 Å². The van der Waals surface area contributed by atoms with Crippen LogP contribution < -0.4 is 5.12 Å². The minimum Gasteiger partial charge on any atom is -0.478 e. The van der Waals surface area contributed by atoms with Crippen LogP contribution >= 0.6 is 0 Å². The van der Waals surface area contributed by atoms with E-state index in [2.05, 4.69) is 0 Å². The van der Waals surface area contributed by atoms with Crippen LogP contribution in [0.5, 0.6) is 0 Å². The summed E-state index contributed by atoms with van der Waals surface area (Å²) in [5.74, 6) is -1.97. The van der Waals surface area contributed by atoms with Crippen molar-refractivity contribution >= 4 is 28.5 Å². The maximum Gasteiger partial charge on any atom is 0.337 e. The lowest BCUT2D eigenvalue weighted by Crippen LogP contribution is -2.28. The number of nitrogens with zero attached hydrogens (tertiary/aromatic N) is 2. The SMILES string of the molecule is O=C(O)c1cn(C(c2ccccc2)c2ccccc2)c2ccc(N(F)C(=O)C3CCCC3)cc12. The van der Waals surface area contributed by atoms with Gasteiger partial charge < -0.3 is 9.67 Å². The summed E-state index contributed by atoms with van der Waals surface area (Å²) in [6, 6.07) is 24.1. The van der Waals surface area contributed by atoms with Crippen molar-refractivity contribution in [3.8, 4) is 0 Å². The summed E-state index contributed by atoms with van der Waals surface area (Å²) in [5, 5.41) is 10.5. The summed E-state index contributed by atoms with van der Waals surface area (Å²) in [7, 11) is 0. The Kier molecular flexibility index (Phi) is 5.88. The summed E-state index contributed by atoms with van der Waals surface area (Å²) < 4.78 is 17.0. The van der Waals surface area contributed by atoms with Crippen LogP contribution in [0.3, 0.4) is 0 Å². The minimum atomic E-state index is -1.10. The summed E-state index contributed by atoms with van der Waals surface area (Å²) in [4.78, 5) is 24.8. The van der Waals surface area contributed by atoms with E-state index in [1.807, 2.05) is 65.2 Å². The van der Waals surface area contributed by atoms with Gasteiger partial charge in [0.25, 0.3) is 5.91 Å². The van der Waals surface area contributed by atoms with Crippen molar-refractivity contribution in [3.05, 3.63) is 102 Å². The molecule has 34 heavy (non-hydrogen) atoms. The number of anilines is 1. The van der Waals surface area contributed by atoms with E-state index < -0.39 is 11.9 Å². The monoisotopic (exact) mass is 456 g/mol. The first-order valence-corrected chi connectivity index (χ1v) is 11.5. The number of carboxylic acids is 1. The second-order valence-corrected chi connectivity index (χ2v) is 8.78. The third kappa shape index (κ3) is 3.96. The molecule has 0 saturated heterocycles. The van der Waals surface area contributed by atoms with E-state index in [0.717, 1.165) is 24.0 Å². The molecular weight excluding hydrogens is 431 g/mol. The van der Waals surface area contributed by atoms with Gasteiger partial charge in [-0.3, -0.25) is 4.79 Å². The number of aromatic carboxylic acids is 1. The lowest BCUT2D eigenvalue weighted by Gasteiger charge is -2.22. The van der Waals surface area contributed by atoms with E-state index in [1.54, 1.807) is 18.3 Å². The van der Waals surface area contributed by atoms with E-state index in [9.17, 15) is 14.7 Å². The van der Waals surface area contributed by atoms with Gasteiger partial charge >= 0.3 is 5.97 Å². The Hall–Kier alpha value is -3.93. The zero-order valence-corrected chi connectivity index (χ0v) is 18.6. The maximum absolute atomic E-state index is 15.1. The molecule has 1 amide bonds. The van der Waals surface area contributed by atoms with Crippen LogP contribution in [0.2, 0.25) is 0 Å². The fourth-order valence-electron chi connectivity index (χ4n) is 4.99. The molecule has 0 radical (unpaired) electrons. The fraction of sp³-hybridized carbons (Fsp3) is 0.214. The number of hydrogen-bond acceptors (Lipinski definition) is 2. The second-order valence-electron chi connectivity index (χ2n) is 8.78. The zero-order chi connectivity index (χ0) is 23.7. The third-order valence-corrected chi connectivity index (χ3v) is 6.68. The predicted octanol–water partition coefficient (Wildman–Crippen LogP) is 6.38. The molecule has 5 nitrogen and oxygen atoms in total. The molecule has 4 aromatic rings. The quantitative estimate of drug-likeness (QED) is 0.342.